The molecule has 1 aliphatic carbocycles. The number of rotatable bonds is 4. The zero-order valence-corrected chi connectivity index (χ0v) is 11.7. The number of hydrogen-bond acceptors (Lipinski definition) is 3. The molecule has 0 heterocycles. The monoisotopic (exact) mass is 283 g/mol. The zero-order valence-electron chi connectivity index (χ0n) is 10.9. The highest BCUT2D eigenvalue weighted by atomic mass is 32.2. The molecule has 1 aromatic rings. The summed E-state index contributed by atoms with van der Waals surface area (Å²) in [6.45, 7) is 2.13. The number of carbonyl (C=O) groups excluding carboxylic acids is 1. The van der Waals surface area contributed by atoms with E-state index < -0.39 is 5.82 Å². The van der Waals surface area contributed by atoms with Crippen LogP contribution in [0.4, 0.5) is 4.39 Å². The normalized spacial score (nSPS) is 22.4. The van der Waals surface area contributed by atoms with Gasteiger partial charge >= 0.3 is 0 Å². The van der Waals surface area contributed by atoms with Gasteiger partial charge in [0.25, 0.3) is 5.91 Å². The highest BCUT2D eigenvalue weighted by Gasteiger charge is 2.26. The van der Waals surface area contributed by atoms with E-state index in [4.69, 9.17) is 0 Å². The van der Waals surface area contributed by atoms with Crippen LogP contribution in [0.25, 0.3) is 0 Å². The van der Waals surface area contributed by atoms with Crippen molar-refractivity contribution in [2.75, 3.05) is 5.75 Å². The summed E-state index contributed by atoms with van der Waals surface area (Å²) in [5, 5.41) is 13.1. The van der Waals surface area contributed by atoms with Crippen LogP contribution in [-0.2, 0) is 0 Å². The Labute approximate surface area is 116 Å². The molecule has 2 unspecified atom stereocenters. The Hall–Kier alpha value is -1.23. The van der Waals surface area contributed by atoms with E-state index in [9.17, 15) is 14.3 Å². The fourth-order valence-corrected chi connectivity index (χ4v) is 3.56. The first-order chi connectivity index (χ1) is 9.10. The Kier molecular flexibility index (Phi) is 4.69. The summed E-state index contributed by atoms with van der Waals surface area (Å²) < 4.78 is 12.9. The van der Waals surface area contributed by atoms with E-state index in [0.29, 0.717) is 5.25 Å². The predicted molar refractivity (Wildman–Crippen MR) is 75.1 cm³/mol. The summed E-state index contributed by atoms with van der Waals surface area (Å²) in [7, 11) is 0. The first-order valence-electron chi connectivity index (χ1n) is 6.51. The van der Waals surface area contributed by atoms with Crippen LogP contribution in [-0.4, -0.2) is 28.1 Å². The van der Waals surface area contributed by atoms with E-state index in [-0.39, 0.29) is 23.3 Å². The predicted octanol–water partition coefficient (Wildman–Crippen LogP) is 2.94. The standard InChI is InChI=1S/C14H18FNO2S/c1-2-19-11-5-4-10(8-11)16-14(18)12-6-3-9(15)7-13(12)17/h3,6-7,10-11,17H,2,4-5,8H2,1H3,(H,16,18). The SMILES string of the molecule is CCSC1CCC(NC(=O)c2ccc(F)cc2O)C1. The molecule has 19 heavy (non-hydrogen) atoms. The van der Waals surface area contributed by atoms with Gasteiger partial charge in [0.05, 0.1) is 5.56 Å². The molecule has 0 saturated heterocycles. The minimum atomic E-state index is -0.547. The summed E-state index contributed by atoms with van der Waals surface area (Å²) in [5.41, 5.74) is 0.132. The second-order valence-electron chi connectivity index (χ2n) is 4.72. The number of nitrogens with one attached hydrogen (secondary N) is 1. The van der Waals surface area contributed by atoms with Crippen molar-refractivity contribution in [2.45, 2.75) is 37.5 Å². The lowest BCUT2D eigenvalue weighted by Gasteiger charge is -2.13. The Morgan fingerprint density at radius 2 is 2.32 bits per heavy atom. The van der Waals surface area contributed by atoms with Crippen molar-refractivity contribution in [3.63, 3.8) is 0 Å². The lowest BCUT2D eigenvalue weighted by molar-refractivity contribution is 0.0935. The smallest absolute Gasteiger partial charge is 0.255 e. The minimum Gasteiger partial charge on any atom is -0.507 e. The van der Waals surface area contributed by atoms with Gasteiger partial charge in [-0.25, -0.2) is 4.39 Å². The summed E-state index contributed by atoms with van der Waals surface area (Å²) in [4.78, 5) is 12.0. The Morgan fingerprint density at radius 1 is 1.53 bits per heavy atom. The third-order valence-corrected chi connectivity index (χ3v) is 4.56. The van der Waals surface area contributed by atoms with Crippen molar-refractivity contribution in [3.8, 4) is 5.75 Å². The zero-order chi connectivity index (χ0) is 13.8. The van der Waals surface area contributed by atoms with Crippen LogP contribution in [0.15, 0.2) is 18.2 Å². The Balaban J connectivity index is 1.94. The van der Waals surface area contributed by atoms with Gasteiger partial charge in [0.1, 0.15) is 11.6 Å². The lowest BCUT2D eigenvalue weighted by Crippen LogP contribution is -2.33. The van der Waals surface area contributed by atoms with E-state index in [1.807, 2.05) is 11.8 Å². The van der Waals surface area contributed by atoms with Crippen LogP contribution in [0.1, 0.15) is 36.5 Å². The number of hydrogen-bond donors (Lipinski definition) is 2. The third kappa shape index (κ3) is 3.62. The van der Waals surface area contributed by atoms with E-state index in [2.05, 4.69) is 12.2 Å². The number of phenols is 1. The van der Waals surface area contributed by atoms with Crippen LogP contribution in [0, 0.1) is 5.82 Å². The molecule has 104 valence electrons. The largest absolute Gasteiger partial charge is 0.507 e. The van der Waals surface area contributed by atoms with Gasteiger partial charge in [-0.2, -0.15) is 11.8 Å². The number of phenolic OH excluding ortho intramolecular Hbond substituents is 1. The van der Waals surface area contributed by atoms with E-state index >= 15 is 0 Å². The highest BCUT2D eigenvalue weighted by molar-refractivity contribution is 7.99. The molecule has 0 bridgehead atoms. The second kappa shape index (κ2) is 6.28. The number of carbonyl (C=O) groups is 1. The van der Waals surface area contributed by atoms with Gasteiger partial charge < -0.3 is 10.4 Å². The van der Waals surface area contributed by atoms with Gasteiger partial charge in [-0.1, -0.05) is 6.92 Å². The van der Waals surface area contributed by atoms with Gasteiger partial charge in [-0.05, 0) is 37.1 Å². The average molecular weight is 283 g/mol. The number of amides is 1. The summed E-state index contributed by atoms with van der Waals surface area (Å²) in [5.74, 6) is -0.0988. The minimum absolute atomic E-state index is 0.132. The molecular formula is C14H18FNO2S. The van der Waals surface area contributed by atoms with Crippen molar-refractivity contribution >= 4 is 17.7 Å². The molecule has 1 saturated carbocycles. The van der Waals surface area contributed by atoms with Gasteiger partial charge in [-0.3, -0.25) is 4.79 Å². The van der Waals surface area contributed by atoms with Gasteiger partial charge in [0.2, 0.25) is 0 Å². The molecule has 0 spiro atoms. The summed E-state index contributed by atoms with van der Waals surface area (Å²) in [6, 6.07) is 3.60. The Bertz CT molecular complexity index is 467. The maximum atomic E-state index is 12.9. The first-order valence-corrected chi connectivity index (χ1v) is 7.56. The van der Waals surface area contributed by atoms with Crippen molar-refractivity contribution in [1.29, 1.82) is 0 Å². The van der Waals surface area contributed by atoms with Crippen molar-refractivity contribution < 1.29 is 14.3 Å². The summed E-state index contributed by atoms with van der Waals surface area (Å²) >= 11 is 1.92. The average Bonchev–Trinajstić information content (AvgIpc) is 2.76. The van der Waals surface area contributed by atoms with E-state index in [1.165, 1.54) is 12.1 Å². The van der Waals surface area contributed by atoms with E-state index in [0.717, 1.165) is 31.1 Å². The van der Waals surface area contributed by atoms with Crippen LogP contribution in [0.3, 0.4) is 0 Å². The number of halogens is 1. The third-order valence-electron chi connectivity index (χ3n) is 3.33. The fourth-order valence-electron chi connectivity index (χ4n) is 2.42. The van der Waals surface area contributed by atoms with E-state index in [1.54, 1.807) is 0 Å². The summed E-state index contributed by atoms with van der Waals surface area (Å²) in [6.07, 6.45) is 3.04. The highest BCUT2D eigenvalue weighted by Crippen LogP contribution is 2.30. The molecule has 0 radical (unpaired) electrons. The molecular weight excluding hydrogens is 265 g/mol. The Morgan fingerprint density at radius 3 is 3.00 bits per heavy atom. The molecule has 0 aromatic heterocycles. The van der Waals surface area contributed by atoms with Crippen molar-refractivity contribution in [2.24, 2.45) is 0 Å². The van der Waals surface area contributed by atoms with Crippen molar-refractivity contribution in [3.05, 3.63) is 29.6 Å². The van der Waals surface area contributed by atoms with Crippen LogP contribution in [0.2, 0.25) is 0 Å². The maximum Gasteiger partial charge on any atom is 0.255 e. The second-order valence-corrected chi connectivity index (χ2v) is 6.30. The maximum absolute atomic E-state index is 12.9. The molecule has 2 rings (SSSR count). The quantitative estimate of drug-likeness (QED) is 0.893. The molecule has 1 aliphatic rings. The lowest BCUT2D eigenvalue weighted by atomic mass is 10.1. The molecule has 1 aromatic carbocycles. The topological polar surface area (TPSA) is 49.3 Å². The molecule has 3 nitrogen and oxygen atoms in total. The van der Waals surface area contributed by atoms with Crippen LogP contribution < -0.4 is 5.32 Å². The van der Waals surface area contributed by atoms with Crippen LogP contribution in [0.5, 0.6) is 5.75 Å². The molecule has 1 fully saturated rings. The van der Waals surface area contributed by atoms with Gasteiger partial charge in [0.15, 0.2) is 0 Å². The molecule has 0 aliphatic heterocycles. The molecule has 2 N–H and O–H groups in total. The van der Waals surface area contributed by atoms with Gasteiger partial charge in [0, 0.05) is 17.4 Å². The van der Waals surface area contributed by atoms with Crippen LogP contribution >= 0.6 is 11.8 Å². The number of benzene rings is 1. The number of aromatic hydroxyl groups is 1. The van der Waals surface area contributed by atoms with Crippen molar-refractivity contribution in [1.82, 2.24) is 5.32 Å². The number of thioether (sulfide) groups is 1. The molecule has 5 heteroatoms. The molecule has 2 atom stereocenters. The molecule has 1 amide bonds. The fraction of sp³-hybridized carbons (Fsp3) is 0.500. The first kappa shape index (κ1) is 14.2. The van der Waals surface area contributed by atoms with Gasteiger partial charge in [-0.15, -0.1) is 0 Å².